The Labute approximate surface area is 308 Å². The minimum Gasteiger partial charge on any atom is -0.441 e. The minimum absolute atomic E-state index is 0.0560. The van der Waals surface area contributed by atoms with E-state index in [4.69, 9.17) is 9.47 Å². The largest absolute Gasteiger partial charge is 0.441 e. The molecule has 2 aromatic carbocycles. The molecule has 3 aliphatic heterocycles. The Bertz CT molecular complexity index is 1730. The first kappa shape index (κ1) is 39.1. The van der Waals surface area contributed by atoms with Crippen LogP contribution in [0.2, 0.25) is 18.6 Å². The van der Waals surface area contributed by atoms with E-state index in [-0.39, 0.29) is 50.3 Å². The molecule has 52 heavy (non-hydrogen) atoms. The highest BCUT2D eigenvalue weighted by Gasteiger charge is 2.66. The predicted molar refractivity (Wildman–Crippen MR) is 202 cm³/mol. The van der Waals surface area contributed by atoms with Gasteiger partial charge in [-0.3, -0.25) is 24.1 Å². The van der Waals surface area contributed by atoms with E-state index in [1.807, 2.05) is 50.3 Å². The highest BCUT2D eigenvalue weighted by molar-refractivity contribution is 6.71. The molecule has 3 aliphatic rings. The fraction of sp³-hybridized carbons (Fsp3) is 0.500. The number of aliphatic hydroxyl groups is 1. The Balaban J connectivity index is 1.54. The summed E-state index contributed by atoms with van der Waals surface area (Å²) in [7, 11) is -3.10. The molecule has 3 heterocycles. The zero-order valence-corrected chi connectivity index (χ0v) is 32.4. The van der Waals surface area contributed by atoms with E-state index in [1.54, 1.807) is 41.1 Å². The van der Waals surface area contributed by atoms with Gasteiger partial charge in [-0.2, -0.15) is 0 Å². The van der Waals surface area contributed by atoms with Gasteiger partial charge in [0.05, 0.1) is 31.2 Å². The number of hydrogen-bond acceptors (Lipinski definition) is 8. The fourth-order valence-electron chi connectivity index (χ4n) is 8.04. The molecule has 2 saturated heterocycles. The maximum Gasteiger partial charge on any atom is 0.304 e. The van der Waals surface area contributed by atoms with Crippen LogP contribution in [0, 0.1) is 5.92 Å². The van der Waals surface area contributed by atoms with Gasteiger partial charge in [0.25, 0.3) is 5.91 Å². The van der Waals surface area contributed by atoms with E-state index in [0.717, 1.165) is 24.0 Å². The third kappa shape index (κ3) is 7.95. The van der Waals surface area contributed by atoms with Crippen molar-refractivity contribution in [2.24, 2.45) is 5.92 Å². The third-order valence-electron chi connectivity index (χ3n) is 10.5. The average molecular weight is 732 g/mol. The van der Waals surface area contributed by atoms with Gasteiger partial charge in [-0.05, 0) is 70.5 Å². The second-order valence-electron chi connectivity index (χ2n) is 15.1. The zero-order valence-electron chi connectivity index (χ0n) is 31.4. The molecule has 12 heteroatoms. The van der Waals surface area contributed by atoms with E-state index < -0.39 is 43.7 Å². The monoisotopic (exact) mass is 731 g/mol. The molecule has 1 unspecified atom stereocenters. The van der Waals surface area contributed by atoms with Crippen LogP contribution in [0.4, 0.5) is 11.4 Å². The van der Waals surface area contributed by atoms with Crippen molar-refractivity contribution in [3.8, 4) is 0 Å². The number of rotatable bonds is 14. The van der Waals surface area contributed by atoms with Crippen LogP contribution in [0.15, 0.2) is 71.8 Å². The highest BCUT2D eigenvalue weighted by atomic mass is 28.4. The second-order valence-corrected chi connectivity index (χ2v) is 19.1. The summed E-state index contributed by atoms with van der Waals surface area (Å²) in [5.74, 6) is -1.81. The number of ether oxygens (including phenoxy) is 2. The van der Waals surface area contributed by atoms with Crippen molar-refractivity contribution < 1.29 is 38.6 Å². The lowest BCUT2D eigenvalue weighted by Gasteiger charge is -2.39. The van der Waals surface area contributed by atoms with Crippen LogP contribution >= 0.6 is 0 Å². The number of benzene rings is 2. The molecule has 3 amide bonds. The van der Waals surface area contributed by atoms with E-state index in [0.29, 0.717) is 23.5 Å². The molecular formula is C40H53N3O8Si. The van der Waals surface area contributed by atoms with E-state index in [1.165, 1.54) is 17.4 Å². The van der Waals surface area contributed by atoms with Crippen LogP contribution in [0.25, 0.3) is 0 Å². The summed E-state index contributed by atoms with van der Waals surface area (Å²) in [5, 5.41) is 9.86. The molecule has 280 valence electrons. The normalized spacial score (nSPS) is 24.2. The molecular weight excluding hydrogens is 679 g/mol. The lowest BCUT2D eigenvalue weighted by molar-refractivity contribution is -0.154. The maximum atomic E-state index is 15.0. The fourth-order valence-corrected chi connectivity index (χ4v) is 10.6. The van der Waals surface area contributed by atoms with Gasteiger partial charge >= 0.3 is 5.97 Å². The summed E-state index contributed by atoms with van der Waals surface area (Å²) in [6, 6.07) is 14.8. The van der Waals surface area contributed by atoms with E-state index in [2.05, 4.69) is 19.9 Å². The summed E-state index contributed by atoms with van der Waals surface area (Å²) < 4.78 is 12.3. The van der Waals surface area contributed by atoms with Crippen molar-refractivity contribution >= 4 is 43.4 Å². The van der Waals surface area contributed by atoms with Crippen LogP contribution in [-0.2, 0) is 40.8 Å². The number of β-lactam (4-membered cyclic amide) rings is 1. The zero-order chi connectivity index (χ0) is 38.0. The number of amides is 3. The smallest absolute Gasteiger partial charge is 0.304 e. The van der Waals surface area contributed by atoms with Crippen LogP contribution in [-0.4, -0.2) is 78.8 Å². The first-order valence-corrected chi connectivity index (χ1v) is 21.2. The number of allylic oxidation sites excluding steroid dienone is 3. The van der Waals surface area contributed by atoms with Gasteiger partial charge in [-0.25, -0.2) is 0 Å². The first-order valence-electron chi connectivity index (χ1n) is 18.2. The molecule has 0 bridgehead atoms. The van der Waals surface area contributed by atoms with Gasteiger partial charge in [0, 0.05) is 49.3 Å². The number of nitrogens with zero attached hydrogens (tertiary/aromatic N) is 3. The number of esters is 1. The molecule has 2 N–H and O–H groups in total. The number of carbonyl (C=O) groups excluding carboxylic acids is 4. The number of hydrogen-bond donors (Lipinski definition) is 2. The van der Waals surface area contributed by atoms with Crippen LogP contribution in [0.5, 0.6) is 0 Å². The van der Waals surface area contributed by atoms with Gasteiger partial charge < -0.3 is 29.2 Å². The standard InChI is InChI=1S/C40H53N3O8Si/c1-26(2)12-11-13-27(3)18-19-42-33-17-16-31(43-36(47)24-37(43)50-29(5)45)22-32(33)40(39(42)48)28(4)38(52(6,7)49)34(51-40)23-35(46)41(20-21-44)25-30-14-9-8-10-15-30/h8-10,12,14-18,22,28,34,37-38,44,49H,11,13,19-21,23-25H2,1-7H3/b27-18+/t28-,34+,37?,38-,40+/m0/s1. The van der Waals surface area contributed by atoms with Crippen LogP contribution in [0.3, 0.4) is 0 Å². The van der Waals surface area contributed by atoms with Gasteiger partial charge in [0.1, 0.15) is 0 Å². The number of aliphatic hydroxyl groups excluding tert-OH is 1. The van der Waals surface area contributed by atoms with Crippen LogP contribution in [0.1, 0.15) is 71.4 Å². The summed E-state index contributed by atoms with van der Waals surface area (Å²) in [4.78, 5) is 70.1. The molecule has 5 rings (SSSR count). The van der Waals surface area contributed by atoms with Gasteiger partial charge in [0.15, 0.2) is 20.1 Å². The number of anilines is 2. The van der Waals surface area contributed by atoms with Crippen LogP contribution < -0.4 is 9.80 Å². The highest BCUT2D eigenvalue weighted by Crippen LogP contribution is 2.60. The van der Waals surface area contributed by atoms with E-state index in [9.17, 15) is 29.1 Å². The van der Waals surface area contributed by atoms with E-state index >= 15 is 0 Å². The lowest BCUT2D eigenvalue weighted by atomic mass is 9.82. The summed E-state index contributed by atoms with van der Waals surface area (Å²) in [6.45, 7) is 13.5. The molecule has 0 saturated carbocycles. The van der Waals surface area contributed by atoms with Crippen molar-refractivity contribution in [1.29, 1.82) is 0 Å². The topological polar surface area (TPSA) is 137 Å². The quantitative estimate of drug-likeness (QED) is 0.112. The van der Waals surface area contributed by atoms with Gasteiger partial charge in [-0.1, -0.05) is 60.6 Å². The Morgan fingerprint density at radius 1 is 1.08 bits per heavy atom. The predicted octanol–water partition coefficient (Wildman–Crippen LogP) is 5.56. The molecule has 11 nitrogen and oxygen atoms in total. The SMILES string of the molecule is CC(=O)OC1CC(=O)N1c1ccc2c(c1)[C@@]1(O[C@H](CC(=O)N(CCO)Cc3ccccc3)[C@@H]([Si](C)(C)O)[C@@H]1C)C(=O)N2C/C=C(\C)CCC=C(C)C. The Morgan fingerprint density at radius 2 is 1.79 bits per heavy atom. The van der Waals surface area contributed by atoms with Gasteiger partial charge in [-0.15, -0.1) is 0 Å². The Morgan fingerprint density at radius 3 is 2.40 bits per heavy atom. The molecule has 5 atom stereocenters. The summed E-state index contributed by atoms with van der Waals surface area (Å²) in [5.41, 5.74) is 2.87. The van der Waals surface area contributed by atoms with Crippen molar-refractivity contribution in [2.75, 3.05) is 29.5 Å². The van der Waals surface area contributed by atoms with Crippen molar-refractivity contribution in [3.05, 3.63) is 83.0 Å². The lowest BCUT2D eigenvalue weighted by Crippen LogP contribution is -2.55. The minimum atomic E-state index is -3.10. The summed E-state index contributed by atoms with van der Waals surface area (Å²) >= 11 is 0. The van der Waals surface area contributed by atoms with Crippen molar-refractivity contribution in [2.45, 2.75) is 103 Å². The number of carbonyl (C=O) groups is 4. The van der Waals surface area contributed by atoms with Crippen molar-refractivity contribution in [1.82, 2.24) is 4.90 Å². The molecule has 0 radical (unpaired) electrons. The Hall–Kier alpha value is -4.10. The maximum absolute atomic E-state index is 15.0. The first-order chi connectivity index (χ1) is 24.6. The second kappa shape index (κ2) is 15.9. The van der Waals surface area contributed by atoms with Crippen molar-refractivity contribution in [3.63, 3.8) is 0 Å². The molecule has 1 spiro atoms. The third-order valence-corrected chi connectivity index (χ3v) is 13.0. The van der Waals surface area contributed by atoms with Gasteiger partial charge in [0.2, 0.25) is 11.8 Å². The molecule has 0 aromatic heterocycles. The Kier molecular flexibility index (Phi) is 11.9. The number of fused-ring (bicyclic) bond motifs is 2. The molecule has 2 aromatic rings. The molecule has 0 aliphatic carbocycles. The average Bonchev–Trinajstić information content (AvgIpc) is 3.49. The molecule has 2 fully saturated rings. The summed E-state index contributed by atoms with van der Waals surface area (Å²) in [6.07, 6.45) is 4.37.